The summed E-state index contributed by atoms with van der Waals surface area (Å²) in [6, 6.07) is 14.0. The zero-order chi connectivity index (χ0) is 18.7. The van der Waals surface area contributed by atoms with E-state index >= 15 is 0 Å². The molecule has 1 N–H and O–H groups in total. The van der Waals surface area contributed by atoms with Gasteiger partial charge in [0, 0.05) is 12.0 Å². The van der Waals surface area contributed by atoms with E-state index in [0.717, 1.165) is 36.8 Å². The third-order valence-corrected chi connectivity index (χ3v) is 5.41. The molecule has 0 bridgehead atoms. The fourth-order valence-corrected chi connectivity index (χ4v) is 4.38. The van der Waals surface area contributed by atoms with E-state index in [0.29, 0.717) is 5.56 Å². The Bertz CT molecular complexity index is 863. The molecule has 1 fully saturated rings. The summed E-state index contributed by atoms with van der Waals surface area (Å²) in [5.41, 5.74) is 2.67. The van der Waals surface area contributed by atoms with Gasteiger partial charge in [0.15, 0.2) is 0 Å². The topological polar surface area (TPSA) is 55.4 Å². The first-order valence-corrected chi connectivity index (χ1v) is 10.6. The Morgan fingerprint density at radius 1 is 1.19 bits per heavy atom. The maximum Gasteiger partial charge on any atom is 0.264 e. The Labute approximate surface area is 154 Å². The Morgan fingerprint density at radius 3 is 2.58 bits per heavy atom. The molecule has 1 heterocycles. The first kappa shape index (κ1) is 19.0. The molecule has 0 radical (unpaired) electrons. The van der Waals surface area contributed by atoms with Crippen LogP contribution in [0.4, 0.5) is 4.39 Å². The Morgan fingerprint density at radius 2 is 1.96 bits per heavy atom. The molecule has 0 saturated carbocycles. The average molecular weight is 377 g/mol. The van der Waals surface area contributed by atoms with Gasteiger partial charge < -0.3 is 5.32 Å². The van der Waals surface area contributed by atoms with Crippen LogP contribution < -0.4 is 5.32 Å². The Kier molecular flexibility index (Phi) is 5.75. The van der Waals surface area contributed by atoms with Crippen LogP contribution in [0.25, 0.3) is 0 Å². The summed E-state index contributed by atoms with van der Waals surface area (Å²) in [6.45, 7) is 2.79. The fourth-order valence-electron chi connectivity index (χ4n) is 3.73. The van der Waals surface area contributed by atoms with Crippen LogP contribution in [0.3, 0.4) is 0 Å². The van der Waals surface area contributed by atoms with Crippen molar-refractivity contribution >= 4 is 10.1 Å². The molecule has 4 nitrogen and oxygen atoms in total. The summed E-state index contributed by atoms with van der Waals surface area (Å²) in [4.78, 5) is 0. The molecule has 140 valence electrons. The number of rotatable bonds is 6. The summed E-state index contributed by atoms with van der Waals surface area (Å²) in [6.07, 6.45) is 2.20. The second kappa shape index (κ2) is 7.86. The van der Waals surface area contributed by atoms with Crippen molar-refractivity contribution in [1.82, 2.24) is 5.32 Å². The highest BCUT2D eigenvalue weighted by atomic mass is 32.2. The molecule has 3 atom stereocenters. The molecule has 26 heavy (non-hydrogen) atoms. The lowest BCUT2D eigenvalue weighted by Gasteiger charge is -2.32. The number of hydrogen-bond acceptors (Lipinski definition) is 4. The van der Waals surface area contributed by atoms with Gasteiger partial charge in [-0.1, -0.05) is 36.4 Å². The minimum Gasteiger partial charge on any atom is -0.311 e. The molecule has 1 aliphatic heterocycles. The van der Waals surface area contributed by atoms with E-state index < -0.39 is 22.1 Å². The van der Waals surface area contributed by atoms with Gasteiger partial charge in [-0.25, -0.2) is 4.39 Å². The van der Waals surface area contributed by atoms with Crippen LogP contribution in [0, 0.1) is 12.7 Å². The summed E-state index contributed by atoms with van der Waals surface area (Å²) in [5.74, 6) is -0.740. The monoisotopic (exact) mass is 377 g/mol. The van der Waals surface area contributed by atoms with Crippen LogP contribution in [0.15, 0.2) is 48.5 Å². The highest BCUT2D eigenvalue weighted by Crippen LogP contribution is 2.36. The van der Waals surface area contributed by atoms with Crippen LogP contribution in [-0.2, 0) is 14.3 Å². The SMILES string of the molecule is Cc1ccccc1C(c1cccc(F)c1)C(OS(C)(=O)=O)C1CCCN1. The first-order chi connectivity index (χ1) is 12.3. The average Bonchev–Trinajstić information content (AvgIpc) is 3.09. The summed E-state index contributed by atoms with van der Waals surface area (Å²) < 4.78 is 43.5. The number of nitrogens with one attached hydrogen (secondary N) is 1. The smallest absolute Gasteiger partial charge is 0.264 e. The van der Waals surface area contributed by atoms with E-state index in [9.17, 15) is 12.8 Å². The molecule has 1 aliphatic rings. The summed E-state index contributed by atoms with van der Waals surface area (Å²) in [7, 11) is -3.68. The van der Waals surface area contributed by atoms with E-state index in [1.54, 1.807) is 6.07 Å². The fraction of sp³-hybridized carbons (Fsp3) is 0.400. The van der Waals surface area contributed by atoms with Crippen LogP contribution in [0.5, 0.6) is 0 Å². The second-order valence-corrected chi connectivity index (χ2v) is 8.46. The van der Waals surface area contributed by atoms with Crippen LogP contribution in [0.2, 0.25) is 0 Å². The molecule has 3 unspecified atom stereocenters. The van der Waals surface area contributed by atoms with Gasteiger partial charge in [0.1, 0.15) is 11.9 Å². The first-order valence-electron chi connectivity index (χ1n) is 8.78. The minimum absolute atomic E-state index is 0.113. The van der Waals surface area contributed by atoms with Crippen molar-refractivity contribution in [3.05, 3.63) is 71.0 Å². The van der Waals surface area contributed by atoms with E-state index in [1.807, 2.05) is 37.3 Å². The van der Waals surface area contributed by atoms with Gasteiger partial charge in [-0.05, 0) is 55.1 Å². The quantitative estimate of drug-likeness (QED) is 0.785. The van der Waals surface area contributed by atoms with Crippen molar-refractivity contribution in [1.29, 1.82) is 0 Å². The van der Waals surface area contributed by atoms with Gasteiger partial charge in [-0.15, -0.1) is 0 Å². The van der Waals surface area contributed by atoms with E-state index in [4.69, 9.17) is 4.18 Å². The Balaban J connectivity index is 2.14. The van der Waals surface area contributed by atoms with Crippen molar-refractivity contribution < 1.29 is 17.0 Å². The highest BCUT2D eigenvalue weighted by Gasteiger charge is 2.37. The van der Waals surface area contributed by atoms with Crippen molar-refractivity contribution in [2.45, 2.75) is 37.8 Å². The molecule has 0 aliphatic carbocycles. The molecular weight excluding hydrogens is 353 g/mol. The predicted molar refractivity (Wildman–Crippen MR) is 100 cm³/mol. The third kappa shape index (κ3) is 4.50. The van der Waals surface area contributed by atoms with Gasteiger partial charge in [0.2, 0.25) is 0 Å². The van der Waals surface area contributed by atoms with Gasteiger partial charge in [-0.3, -0.25) is 4.18 Å². The number of benzene rings is 2. The van der Waals surface area contributed by atoms with E-state index in [2.05, 4.69) is 5.32 Å². The lowest BCUT2D eigenvalue weighted by Crippen LogP contribution is -2.42. The molecule has 0 spiro atoms. The lowest BCUT2D eigenvalue weighted by molar-refractivity contribution is 0.152. The van der Waals surface area contributed by atoms with Crippen molar-refractivity contribution in [2.75, 3.05) is 12.8 Å². The molecular formula is C20H24FNO3S. The maximum atomic E-state index is 13.9. The summed E-state index contributed by atoms with van der Waals surface area (Å²) >= 11 is 0. The predicted octanol–water partition coefficient (Wildman–Crippen LogP) is 3.36. The number of hydrogen-bond donors (Lipinski definition) is 1. The Hall–Kier alpha value is -1.76. The van der Waals surface area contributed by atoms with Crippen molar-refractivity contribution in [3.63, 3.8) is 0 Å². The van der Waals surface area contributed by atoms with Crippen LogP contribution in [0.1, 0.15) is 35.4 Å². The largest absolute Gasteiger partial charge is 0.311 e. The van der Waals surface area contributed by atoms with Gasteiger partial charge in [-0.2, -0.15) is 8.42 Å². The van der Waals surface area contributed by atoms with E-state index in [-0.39, 0.29) is 11.9 Å². The summed E-state index contributed by atoms with van der Waals surface area (Å²) in [5, 5.41) is 3.35. The van der Waals surface area contributed by atoms with Gasteiger partial charge in [0.25, 0.3) is 10.1 Å². The molecule has 3 rings (SSSR count). The molecule has 1 saturated heterocycles. The van der Waals surface area contributed by atoms with Crippen molar-refractivity contribution in [2.24, 2.45) is 0 Å². The lowest BCUT2D eigenvalue weighted by atomic mass is 9.81. The number of halogens is 1. The molecule has 0 aromatic heterocycles. The zero-order valence-electron chi connectivity index (χ0n) is 15.0. The third-order valence-electron chi connectivity index (χ3n) is 4.84. The molecule has 6 heteroatoms. The van der Waals surface area contributed by atoms with E-state index in [1.165, 1.54) is 12.1 Å². The highest BCUT2D eigenvalue weighted by molar-refractivity contribution is 7.86. The minimum atomic E-state index is -3.68. The zero-order valence-corrected chi connectivity index (χ0v) is 15.8. The van der Waals surface area contributed by atoms with Gasteiger partial charge >= 0.3 is 0 Å². The van der Waals surface area contributed by atoms with Crippen molar-refractivity contribution in [3.8, 4) is 0 Å². The molecule has 2 aromatic rings. The van der Waals surface area contributed by atoms with Crippen LogP contribution in [-0.4, -0.2) is 33.4 Å². The second-order valence-electron chi connectivity index (χ2n) is 6.86. The van der Waals surface area contributed by atoms with Gasteiger partial charge in [0.05, 0.1) is 6.26 Å². The van der Waals surface area contributed by atoms with Crippen LogP contribution >= 0.6 is 0 Å². The molecule has 0 amide bonds. The standard InChI is InChI=1S/C20H24FNO3S/c1-14-7-3-4-10-17(14)19(15-8-5-9-16(21)13-15)20(25-26(2,23)24)18-11-6-12-22-18/h3-5,7-10,13,18-20,22H,6,11-12H2,1-2H3. The number of aryl methyl sites for hydroxylation is 1. The maximum absolute atomic E-state index is 13.9. The molecule has 2 aromatic carbocycles. The normalized spacial score (nSPS) is 20.0.